The molecule has 0 aromatic heterocycles. The van der Waals surface area contributed by atoms with Gasteiger partial charge in [0.2, 0.25) is 10.0 Å². The second-order valence-corrected chi connectivity index (χ2v) is 8.88. The molecule has 156 valence electrons. The molecule has 3 atom stereocenters. The van der Waals surface area contributed by atoms with Crippen LogP contribution >= 0.6 is 0 Å². The summed E-state index contributed by atoms with van der Waals surface area (Å²) in [6.07, 6.45) is 1.76. The number of sulfonamides is 1. The summed E-state index contributed by atoms with van der Waals surface area (Å²) >= 11 is 0. The number of hydrogen-bond acceptors (Lipinski definition) is 5. The zero-order chi connectivity index (χ0) is 20.9. The average Bonchev–Trinajstić information content (AvgIpc) is 2.61. The van der Waals surface area contributed by atoms with E-state index in [4.69, 9.17) is 4.74 Å². The molecule has 0 saturated carbocycles. The summed E-state index contributed by atoms with van der Waals surface area (Å²) in [5.74, 6) is -1.45. The van der Waals surface area contributed by atoms with Crippen LogP contribution in [0.3, 0.4) is 0 Å². The van der Waals surface area contributed by atoms with Crippen LogP contribution in [0.25, 0.3) is 0 Å². The van der Waals surface area contributed by atoms with Crippen LogP contribution in [0.2, 0.25) is 0 Å². The molecule has 0 aliphatic carbocycles. The lowest BCUT2D eigenvalue weighted by molar-refractivity contribution is -0.162. The maximum absolute atomic E-state index is 12.9. The van der Waals surface area contributed by atoms with Gasteiger partial charge in [0.15, 0.2) is 6.10 Å². The van der Waals surface area contributed by atoms with Gasteiger partial charge in [0.25, 0.3) is 5.91 Å². The number of carbonyl (C=O) groups is 2. The fourth-order valence-electron chi connectivity index (χ4n) is 3.36. The number of likely N-dealkylation sites (tertiary alicyclic amines) is 1. The monoisotopic (exact) mass is 414 g/mol. The van der Waals surface area contributed by atoms with E-state index in [1.807, 2.05) is 13.8 Å². The Hall–Kier alpha value is -2.00. The van der Waals surface area contributed by atoms with E-state index in [9.17, 15) is 22.4 Å². The van der Waals surface area contributed by atoms with E-state index < -0.39 is 27.9 Å². The number of piperidine rings is 1. The Morgan fingerprint density at radius 3 is 2.36 bits per heavy atom. The number of carbonyl (C=O) groups excluding carboxylic acids is 2. The number of hydrogen-bond donors (Lipinski definition) is 1. The van der Waals surface area contributed by atoms with Crippen molar-refractivity contribution in [1.82, 2.24) is 9.62 Å². The molecule has 1 N–H and O–H groups in total. The van der Waals surface area contributed by atoms with Gasteiger partial charge in [-0.15, -0.1) is 0 Å². The molecule has 0 bridgehead atoms. The van der Waals surface area contributed by atoms with Crippen LogP contribution in [-0.2, 0) is 24.3 Å². The van der Waals surface area contributed by atoms with Crippen LogP contribution in [0.1, 0.15) is 46.5 Å². The summed E-state index contributed by atoms with van der Waals surface area (Å²) in [5, 5.41) is 0. The molecule has 1 heterocycles. The number of nitrogens with zero attached hydrogens (tertiary/aromatic N) is 1. The van der Waals surface area contributed by atoms with Gasteiger partial charge >= 0.3 is 5.97 Å². The van der Waals surface area contributed by atoms with Crippen LogP contribution in [0.4, 0.5) is 4.39 Å². The van der Waals surface area contributed by atoms with Gasteiger partial charge in [-0.3, -0.25) is 9.59 Å². The standard InChI is InChI=1S/C19H27FN2O5S/c1-13-5-4-6-14(2)22(13)19(24)15(3)27-18(23)11-12-21-28(25,26)17-9-7-16(20)8-10-17/h7-10,13-15,21H,4-6,11-12H2,1-3H3/t13-,14-,15-/m0/s1. The molecule has 0 spiro atoms. The van der Waals surface area contributed by atoms with E-state index in [1.165, 1.54) is 6.92 Å². The van der Waals surface area contributed by atoms with Crippen molar-refractivity contribution in [2.45, 2.75) is 69.5 Å². The molecule has 1 aliphatic rings. The molecule has 1 amide bonds. The van der Waals surface area contributed by atoms with Crippen molar-refractivity contribution in [3.05, 3.63) is 30.1 Å². The van der Waals surface area contributed by atoms with Crippen molar-refractivity contribution in [2.24, 2.45) is 0 Å². The van der Waals surface area contributed by atoms with Crippen molar-refractivity contribution in [3.63, 3.8) is 0 Å². The van der Waals surface area contributed by atoms with Crippen LogP contribution in [0.15, 0.2) is 29.2 Å². The van der Waals surface area contributed by atoms with Gasteiger partial charge < -0.3 is 9.64 Å². The van der Waals surface area contributed by atoms with Crippen LogP contribution in [-0.4, -0.2) is 49.9 Å². The molecule has 9 heteroatoms. The van der Waals surface area contributed by atoms with Gasteiger partial charge in [-0.05, 0) is 64.3 Å². The largest absolute Gasteiger partial charge is 0.452 e. The molecule has 2 rings (SSSR count). The Labute approximate surface area is 165 Å². The first-order valence-corrected chi connectivity index (χ1v) is 10.9. The molecule has 1 saturated heterocycles. The highest BCUT2D eigenvalue weighted by Gasteiger charge is 2.33. The minimum atomic E-state index is -3.85. The van der Waals surface area contributed by atoms with E-state index in [0.717, 1.165) is 43.5 Å². The Morgan fingerprint density at radius 1 is 1.21 bits per heavy atom. The third-order valence-corrected chi connectivity index (χ3v) is 6.33. The summed E-state index contributed by atoms with van der Waals surface area (Å²) in [7, 11) is -3.85. The van der Waals surface area contributed by atoms with Crippen LogP contribution in [0, 0.1) is 5.82 Å². The highest BCUT2D eigenvalue weighted by molar-refractivity contribution is 7.89. The number of nitrogens with one attached hydrogen (secondary N) is 1. The number of amides is 1. The first-order valence-electron chi connectivity index (χ1n) is 9.38. The smallest absolute Gasteiger partial charge is 0.307 e. The van der Waals surface area contributed by atoms with Gasteiger partial charge in [0.05, 0.1) is 11.3 Å². The Bertz CT molecular complexity index is 787. The van der Waals surface area contributed by atoms with Gasteiger partial charge in [0.1, 0.15) is 5.82 Å². The highest BCUT2D eigenvalue weighted by atomic mass is 32.2. The van der Waals surface area contributed by atoms with E-state index in [-0.39, 0.29) is 35.9 Å². The SMILES string of the molecule is C[C@H](OC(=O)CCNS(=O)(=O)c1ccc(F)cc1)C(=O)N1[C@@H](C)CCC[C@@H]1C. The fraction of sp³-hybridized carbons (Fsp3) is 0.579. The average molecular weight is 414 g/mol. The van der Waals surface area contributed by atoms with E-state index in [2.05, 4.69) is 4.72 Å². The number of esters is 1. The van der Waals surface area contributed by atoms with Crippen molar-refractivity contribution in [1.29, 1.82) is 0 Å². The quantitative estimate of drug-likeness (QED) is 0.691. The topological polar surface area (TPSA) is 92.8 Å². The molecular weight excluding hydrogens is 387 g/mol. The first kappa shape index (κ1) is 22.3. The van der Waals surface area contributed by atoms with E-state index in [1.54, 1.807) is 4.90 Å². The number of rotatable bonds is 7. The lowest BCUT2D eigenvalue weighted by Gasteiger charge is -2.40. The Kier molecular flexibility index (Phi) is 7.54. The first-order chi connectivity index (χ1) is 13.1. The Morgan fingerprint density at radius 2 is 1.79 bits per heavy atom. The molecule has 1 aliphatic heterocycles. The third-order valence-electron chi connectivity index (χ3n) is 4.85. The van der Waals surface area contributed by atoms with Crippen molar-refractivity contribution < 1.29 is 27.1 Å². The predicted molar refractivity (Wildman–Crippen MR) is 101 cm³/mol. The molecule has 7 nitrogen and oxygen atoms in total. The van der Waals surface area contributed by atoms with Gasteiger partial charge in [0, 0.05) is 18.6 Å². The van der Waals surface area contributed by atoms with Gasteiger partial charge in [-0.25, -0.2) is 17.5 Å². The summed E-state index contributed by atoms with van der Waals surface area (Å²) in [6, 6.07) is 4.55. The highest BCUT2D eigenvalue weighted by Crippen LogP contribution is 2.23. The zero-order valence-electron chi connectivity index (χ0n) is 16.4. The maximum Gasteiger partial charge on any atom is 0.307 e. The summed E-state index contributed by atoms with van der Waals surface area (Å²) in [5.41, 5.74) is 0. The van der Waals surface area contributed by atoms with Crippen molar-refractivity contribution in [3.8, 4) is 0 Å². The van der Waals surface area contributed by atoms with Crippen molar-refractivity contribution >= 4 is 21.9 Å². The normalized spacial score (nSPS) is 21.2. The minimum Gasteiger partial charge on any atom is -0.452 e. The maximum atomic E-state index is 12.9. The second-order valence-electron chi connectivity index (χ2n) is 7.11. The van der Waals surface area contributed by atoms with Crippen LogP contribution < -0.4 is 4.72 Å². The number of ether oxygens (including phenoxy) is 1. The predicted octanol–water partition coefficient (Wildman–Crippen LogP) is 2.22. The molecule has 28 heavy (non-hydrogen) atoms. The lowest BCUT2D eigenvalue weighted by atomic mass is 9.97. The molecular formula is C19H27FN2O5S. The summed E-state index contributed by atoms with van der Waals surface area (Å²) in [4.78, 5) is 26.3. The molecule has 1 aromatic rings. The van der Waals surface area contributed by atoms with Crippen LogP contribution in [0.5, 0.6) is 0 Å². The Balaban J connectivity index is 1.83. The summed E-state index contributed by atoms with van der Waals surface area (Å²) in [6.45, 7) is 5.30. The molecule has 0 unspecified atom stereocenters. The zero-order valence-corrected chi connectivity index (χ0v) is 17.2. The molecule has 1 fully saturated rings. The number of halogens is 1. The lowest BCUT2D eigenvalue weighted by Crippen LogP contribution is -2.51. The van der Waals surface area contributed by atoms with E-state index >= 15 is 0 Å². The van der Waals surface area contributed by atoms with Gasteiger partial charge in [-0.1, -0.05) is 0 Å². The van der Waals surface area contributed by atoms with Crippen molar-refractivity contribution in [2.75, 3.05) is 6.54 Å². The van der Waals surface area contributed by atoms with E-state index in [0.29, 0.717) is 0 Å². The second kappa shape index (κ2) is 9.47. The molecule has 0 radical (unpaired) electrons. The van der Waals surface area contributed by atoms with Gasteiger partial charge in [-0.2, -0.15) is 0 Å². The third kappa shape index (κ3) is 5.75. The number of benzene rings is 1. The molecule has 1 aromatic carbocycles. The fourth-order valence-corrected chi connectivity index (χ4v) is 4.39. The summed E-state index contributed by atoms with van der Waals surface area (Å²) < 4.78 is 44.5. The minimum absolute atomic E-state index is 0.0971.